The number of hydrogen-bond donors (Lipinski definition) is 0. The number of carbonyl (C=O) groups excluding carboxylic acids is 1. The molecule has 1 aliphatic rings. The number of likely N-dealkylation sites (tertiary alicyclic amines) is 1. The fourth-order valence-electron chi connectivity index (χ4n) is 2.31. The Morgan fingerprint density at radius 1 is 1.55 bits per heavy atom. The van der Waals surface area contributed by atoms with Crippen LogP contribution >= 0.6 is 11.3 Å². The standard InChI is InChI=1S/C14H23N3O2S/c1-14(2,3)19-13(18)17-8-5-6-11(10-17)16(4)12-15-7-9-20-12/h7,9,11H,5-6,8,10H2,1-4H3/t11-/m0/s1. The molecule has 112 valence electrons. The lowest BCUT2D eigenvalue weighted by molar-refractivity contribution is 0.0199. The number of carbonyl (C=O) groups is 1. The zero-order chi connectivity index (χ0) is 14.8. The normalized spacial score (nSPS) is 19.8. The van der Waals surface area contributed by atoms with Crippen LogP contribution < -0.4 is 4.90 Å². The molecule has 0 bridgehead atoms. The van der Waals surface area contributed by atoms with Crippen molar-refractivity contribution in [1.29, 1.82) is 0 Å². The van der Waals surface area contributed by atoms with Crippen molar-refractivity contribution < 1.29 is 9.53 Å². The lowest BCUT2D eigenvalue weighted by Gasteiger charge is -2.38. The number of aromatic nitrogens is 1. The second kappa shape index (κ2) is 5.99. The topological polar surface area (TPSA) is 45.7 Å². The largest absolute Gasteiger partial charge is 0.444 e. The molecule has 0 unspecified atom stereocenters. The minimum absolute atomic E-state index is 0.213. The third-order valence-electron chi connectivity index (χ3n) is 3.32. The van der Waals surface area contributed by atoms with Gasteiger partial charge in [0.1, 0.15) is 5.60 Å². The molecule has 1 amide bonds. The maximum atomic E-state index is 12.1. The molecule has 1 fully saturated rings. The van der Waals surface area contributed by atoms with Crippen LogP contribution in [0.5, 0.6) is 0 Å². The Kier molecular flexibility index (Phi) is 4.52. The van der Waals surface area contributed by atoms with Gasteiger partial charge in [0.25, 0.3) is 0 Å². The van der Waals surface area contributed by atoms with Gasteiger partial charge in [-0.05, 0) is 33.6 Å². The third kappa shape index (κ3) is 3.85. The minimum Gasteiger partial charge on any atom is -0.444 e. The lowest BCUT2D eigenvalue weighted by atomic mass is 10.1. The van der Waals surface area contributed by atoms with Crippen molar-refractivity contribution in [1.82, 2.24) is 9.88 Å². The fraction of sp³-hybridized carbons (Fsp3) is 0.714. The summed E-state index contributed by atoms with van der Waals surface area (Å²) in [6.45, 7) is 7.16. The molecule has 1 aromatic rings. The molecule has 0 N–H and O–H groups in total. The van der Waals surface area contributed by atoms with E-state index in [2.05, 4.69) is 9.88 Å². The first-order valence-electron chi connectivity index (χ1n) is 6.97. The first-order chi connectivity index (χ1) is 9.37. The van der Waals surface area contributed by atoms with Crippen molar-refractivity contribution in [2.24, 2.45) is 0 Å². The van der Waals surface area contributed by atoms with E-state index in [1.54, 1.807) is 11.3 Å². The van der Waals surface area contributed by atoms with E-state index in [1.807, 2.05) is 44.3 Å². The van der Waals surface area contributed by atoms with E-state index in [-0.39, 0.29) is 6.09 Å². The number of rotatable bonds is 2. The van der Waals surface area contributed by atoms with Crippen LogP contribution in [0.2, 0.25) is 0 Å². The summed E-state index contributed by atoms with van der Waals surface area (Å²) in [4.78, 5) is 20.4. The highest BCUT2D eigenvalue weighted by Crippen LogP contribution is 2.24. The second-order valence-corrected chi connectivity index (χ2v) is 7.02. The summed E-state index contributed by atoms with van der Waals surface area (Å²) in [5, 5.41) is 2.97. The molecule has 1 aromatic heterocycles. The van der Waals surface area contributed by atoms with Crippen LogP contribution in [0.25, 0.3) is 0 Å². The van der Waals surface area contributed by atoms with Gasteiger partial charge in [-0.25, -0.2) is 9.78 Å². The maximum absolute atomic E-state index is 12.1. The van der Waals surface area contributed by atoms with Crippen LogP contribution in [0.4, 0.5) is 9.93 Å². The first-order valence-corrected chi connectivity index (χ1v) is 7.85. The molecule has 1 saturated heterocycles. The second-order valence-electron chi connectivity index (χ2n) is 6.15. The van der Waals surface area contributed by atoms with Crippen molar-refractivity contribution in [3.8, 4) is 0 Å². The molecule has 1 aliphatic heterocycles. The van der Waals surface area contributed by atoms with Crippen LogP contribution in [-0.4, -0.2) is 47.8 Å². The smallest absolute Gasteiger partial charge is 0.410 e. The van der Waals surface area contributed by atoms with Crippen molar-refractivity contribution in [2.45, 2.75) is 45.3 Å². The summed E-state index contributed by atoms with van der Waals surface area (Å²) in [7, 11) is 2.04. The van der Waals surface area contributed by atoms with Gasteiger partial charge in [-0.1, -0.05) is 0 Å². The van der Waals surface area contributed by atoms with Gasteiger partial charge in [0.15, 0.2) is 5.13 Å². The third-order valence-corrected chi connectivity index (χ3v) is 4.18. The summed E-state index contributed by atoms with van der Waals surface area (Å²) >= 11 is 1.62. The van der Waals surface area contributed by atoms with Crippen LogP contribution in [0.1, 0.15) is 33.6 Å². The zero-order valence-electron chi connectivity index (χ0n) is 12.6. The average Bonchev–Trinajstić information content (AvgIpc) is 2.90. The number of likely N-dealkylation sites (N-methyl/N-ethyl adjacent to an activating group) is 1. The van der Waals surface area contributed by atoms with E-state index in [4.69, 9.17) is 4.74 Å². The van der Waals surface area contributed by atoms with Gasteiger partial charge >= 0.3 is 6.09 Å². The van der Waals surface area contributed by atoms with Gasteiger partial charge in [-0.2, -0.15) is 0 Å². The molecule has 0 radical (unpaired) electrons. The Morgan fingerprint density at radius 2 is 2.30 bits per heavy atom. The van der Waals surface area contributed by atoms with Crippen molar-refractivity contribution in [3.63, 3.8) is 0 Å². The van der Waals surface area contributed by atoms with Crippen LogP contribution in [-0.2, 0) is 4.74 Å². The first kappa shape index (κ1) is 15.1. The molecule has 6 heteroatoms. The van der Waals surface area contributed by atoms with Gasteiger partial charge in [0.05, 0.1) is 0 Å². The Hall–Kier alpha value is -1.30. The highest BCUT2D eigenvalue weighted by Gasteiger charge is 2.30. The molecule has 1 atom stereocenters. The molecule has 2 rings (SSSR count). The molecule has 0 aliphatic carbocycles. The SMILES string of the molecule is CN(c1nccs1)[C@H]1CCCN(C(=O)OC(C)(C)C)C1. The van der Waals surface area contributed by atoms with E-state index < -0.39 is 5.60 Å². The molecular weight excluding hydrogens is 274 g/mol. The molecule has 2 heterocycles. The number of amides is 1. The van der Waals surface area contributed by atoms with E-state index in [0.29, 0.717) is 12.6 Å². The van der Waals surface area contributed by atoms with Crippen LogP contribution in [0.15, 0.2) is 11.6 Å². The van der Waals surface area contributed by atoms with Crippen molar-refractivity contribution in [2.75, 3.05) is 25.0 Å². The van der Waals surface area contributed by atoms with E-state index in [1.165, 1.54) is 0 Å². The highest BCUT2D eigenvalue weighted by molar-refractivity contribution is 7.13. The molecular formula is C14H23N3O2S. The average molecular weight is 297 g/mol. The summed E-state index contributed by atoms with van der Waals surface area (Å²) in [6.07, 6.45) is 3.68. The molecule has 20 heavy (non-hydrogen) atoms. The number of thiazole rings is 1. The summed E-state index contributed by atoms with van der Waals surface area (Å²) < 4.78 is 5.45. The molecule has 0 aromatic carbocycles. The summed E-state index contributed by atoms with van der Waals surface area (Å²) in [5.41, 5.74) is -0.439. The predicted molar refractivity (Wildman–Crippen MR) is 81.3 cm³/mol. The fourth-order valence-corrected chi connectivity index (χ4v) is 2.99. The van der Waals surface area contributed by atoms with Gasteiger partial charge in [-0.3, -0.25) is 0 Å². The Labute approximate surface area is 124 Å². The number of piperidine rings is 1. The van der Waals surface area contributed by atoms with Gasteiger partial charge < -0.3 is 14.5 Å². The minimum atomic E-state index is -0.439. The van der Waals surface area contributed by atoms with E-state index in [9.17, 15) is 4.79 Å². The zero-order valence-corrected chi connectivity index (χ0v) is 13.4. The Morgan fingerprint density at radius 3 is 2.90 bits per heavy atom. The van der Waals surface area contributed by atoms with Crippen molar-refractivity contribution >= 4 is 22.6 Å². The van der Waals surface area contributed by atoms with Gasteiger partial charge in [-0.15, -0.1) is 11.3 Å². The monoisotopic (exact) mass is 297 g/mol. The van der Waals surface area contributed by atoms with E-state index in [0.717, 1.165) is 24.5 Å². The summed E-state index contributed by atoms with van der Waals surface area (Å²) in [6, 6.07) is 0.308. The highest BCUT2D eigenvalue weighted by atomic mass is 32.1. The Balaban J connectivity index is 1.96. The summed E-state index contributed by atoms with van der Waals surface area (Å²) in [5.74, 6) is 0. The van der Waals surface area contributed by atoms with Crippen LogP contribution in [0, 0.1) is 0 Å². The maximum Gasteiger partial charge on any atom is 0.410 e. The number of hydrogen-bond acceptors (Lipinski definition) is 5. The number of anilines is 1. The van der Waals surface area contributed by atoms with Gasteiger partial charge in [0.2, 0.25) is 0 Å². The van der Waals surface area contributed by atoms with Gasteiger partial charge in [0, 0.05) is 37.8 Å². The van der Waals surface area contributed by atoms with Crippen LogP contribution in [0.3, 0.4) is 0 Å². The molecule has 0 saturated carbocycles. The molecule has 5 nitrogen and oxygen atoms in total. The quantitative estimate of drug-likeness (QED) is 0.842. The molecule has 0 spiro atoms. The number of nitrogens with zero attached hydrogens (tertiary/aromatic N) is 3. The Bertz CT molecular complexity index is 442. The lowest BCUT2D eigenvalue weighted by Crippen LogP contribution is -2.50. The predicted octanol–water partition coefficient (Wildman–Crippen LogP) is 2.98. The van der Waals surface area contributed by atoms with Crippen molar-refractivity contribution in [3.05, 3.63) is 11.6 Å². The van der Waals surface area contributed by atoms with E-state index >= 15 is 0 Å². The number of ether oxygens (including phenoxy) is 1.